The molecule has 3 aliphatic rings. The number of aryl methyl sites for hydroxylation is 1. The minimum atomic E-state index is -0.737. The van der Waals surface area contributed by atoms with E-state index in [1.807, 2.05) is 42.2 Å². The lowest BCUT2D eigenvalue weighted by atomic mass is 9.79. The predicted octanol–water partition coefficient (Wildman–Crippen LogP) is 5.27. The zero-order valence-corrected chi connectivity index (χ0v) is 23.7. The molecule has 5 rings (SSSR count). The fourth-order valence-corrected chi connectivity index (χ4v) is 7.02. The van der Waals surface area contributed by atoms with Crippen molar-refractivity contribution in [2.45, 2.75) is 96.2 Å². The average Bonchev–Trinajstić information content (AvgIpc) is 3.22. The smallest absolute Gasteiger partial charge is 0.246 e. The van der Waals surface area contributed by atoms with Crippen molar-refractivity contribution in [1.29, 1.82) is 0 Å². The molecule has 3 fully saturated rings. The average molecular weight is 540 g/mol. The zero-order chi connectivity index (χ0) is 26.7. The number of aromatic nitrogens is 2. The highest BCUT2D eigenvalue weighted by Gasteiger charge is 2.53. The van der Waals surface area contributed by atoms with Crippen molar-refractivity contribution in [2.75, 3.05) is 19.6 Å². The maximum Gasteiger partial charge on any atom is 0.246 e. The monoisotopic (exact) mass is 539 g/mol. The minimum Gasteiger partial charge on any atom is -0.342 e. The van der Waals surface area contributed by atoms with Crippen LogP contribution in [-0.4, -0.2) is 62.6 Å². The van der Waals surface area contributed by atoms with Crippen LogP contribution in [0.1, 0.15) is 82.4 Å². The number of benzene rings is 1. The first-order chi connectivity index (χ1) is 18.4. The second-order valence-electron chi connectivity index (χ2n) is 11.5. The number of halogens is 1. The summed E-state index contributed by atoms with van der Waals surface area (Å²) in [5, 5.41) is 8.53. The molecule has 206 valence electrons. The number of unbranched alkanes of at least 4 members (excludes halogenated alkanes) is 1. The number of carbonyl (C=O) groups excluding carboxylic acids is 2. The van der Waals surface area contributed by atoms with Crippen LogP contribution in [0.2, 0.25) is 5.15 Å². The van der Waals surface area contributed by atoms with Crippen LogP contribution in [0.25, 0.3) is 5.69 Å². The molecule has 1 aromatic carbocycles. The van der Waals surface area contributed by atoms with Crippen LogP contribution in [0.5, 0.6) is 0 Å². The van der Waals surface area contributed by atoms with Crippen molar-refractivity contribution >= 4 is 23.4 Å². The summed E-state index contributed by atoms with van der Waals surface area (Å²) in [6.45, 7) is 6.97. The molecule has 0 bridgehead atoms. The van der Waals surface area contributed by atoms with E-state index in [1.54, 1.807) is 4.68 Å². The van der Waals surface area contributed by atoms with Gasteiger partial charge in [-0.1, -0.05) is 75.2 Å². The van der Waals surface area contributed by atoms with Crippen molar-refractivity contribution in [3.63, 3.8) is 0 Å². The van der Waals surface area contributed by atoms with Gasteiger partial charge in [-0.3, -0.25) is 14.5 Å². The molecule has 1 atom stereocenters. The number of piperidine rings is 1. The number of amides is 2. The van der Waals surface area contributed by atoms with Gasteiger partial charge < -0.3 is 10.2 Å². The van der Waals surface area contributed by atoms with E-state index < -0.39 is 5.54 Å². The summed E-state index contributed by atoms with van der Waals surface area (Å²) in [6, 6.07) is 9.57. The molecular formula is C30H42ClN5O2. The molecule has 2 aliphatic heterocycles. The van der Waals surface area contributed by atoms with E-state index in [0.29, 0.717) is 37.0 Å². The molecular weight excluding hydrogens is 498 g/mol. The van der Waals surface area contributed by atoms with Gasteiger partial charge in [0.05, 0.1) is 11.4 Å². The maximum atomic E-state index is 13.8. The predicted molar refractivity (Wildman–Crippen MR) is 150 cm³/mol. The number of carbonyl (C=O) groups is 2. The van der Waals surface area contributed by atoms with E-state index in [4.69, 9.17) is 16.7 Å². The standard InChI is InChI=1S/C30H42ClN5O2/c1-3-4-17-35-28(37)26(20-23-11-7-5-8-12-23)32-29(38)30(35)15-18-34(19-16-30)21-25-22(2)33-36(27(25)31)24-13-9-6-10-14-24/h6,9-10,13-14,23,26H,3-5,7-8,11-12,15-21H2,1-2H3,(H,32,38)/t26-/m0/s1. The number of nitrogens with zero attached hydrogens (tertiary/aromatic N) is 4. The highest BCUT2D eigenvalue weighted by atomic mass is 35.5. The SMILES string of the molecule is CCCCN1C(=O)[C@H](CC2CCCCC2)NC(=O)C12CCN(Cc1c(C)nn(-c3ccccc3)c1Cl)CC2. The normalized spacial score (nSPS) is 22.7. The zero-order valence-electron chi connectivity index (χ0n) is 22.9. The first kappa shape index (κ1) is 27.2. The molecule has 1 saturated carbocycles. The Morgan fingerprint density at radius 3 is 2.47 bits per heavy atom. The minimum absolute atomic E-state index is 0.0553. The lowest BCUT2D eigenvalue weighted by molar-refractivity contribution is -0.162. The van der Waals surface area contributed by atoms with E-state index in [2.05, 4.69) is 17.1 Å². The number of hydrogen-bond acceptors (Lipinski definition) is 4. The Bertz CT molecular complexity index is 1120. The van der Waals surface area contributed by atoms with E-state index >= 15 is 0 Å². The molecule has 0 radical (unpaired) electrons. The fraction of sp³-hybridized carbons (Fsp3) is 0.633. The quantitative estimate of drug-likeness (QED) is 0.496. The number of piperazine rings is 1. The third-order valence-corrected chi connectivity index (χ3v) is 9.41. The summed E-state index contributed by atoms with van der Waals surface area (Å²) in [7, 11) is 0. The molecule has 1 spiro atoms. The van der Waals surface area contributed by atoms with Gasteiger partial charge in [0.15, 0.2) is 0 Å². The molecule has 1 aromatic heterocycles. The van der Waals surface area contributed by atoms with Crippen molar-refractivity contribution in [1.82, 2.24) is 24.9 Å². The Morgan fingerprint density at radius 1 is 1.08 bits per heavy atom. The maximum absolute atomic E-state index is 13.8. The van der Waals surface area contributed by atoms with Crippen LogP contribution in [0.15, 0.2) is 30.3 Å². The lowest BCUT2D eigenvalue weighted by Crippen LogP contribution is -2.73. The van der Waals surface area contributed by atoms with Crippen LogP contribution >= 0.6 is 11.6 Å². The van der Waals surface area contributed by atoms with Gasteiger partial charge in [0.1, 0.15) is 16.7 Å². The van der Waals surface area contributed by atoms with Gasteiger partial charge in [0.2, 0.25) is 11.8 Å². The Labute approximate surface area is 231 Å². The molecule has 3 heterocycles. The fourth-order valence-electron chi connectivity index (χ4n) is 6.69. The summed E-state index contributed by atoms with van der Waals surface area (Å²) in [5.41, 5.74) is 2.14. The number of rotatable bonds is 8. The second kappa shape index (κ2) is 11.8. The van der Waals surface area contributed by atoms with E-state index in [0.717, 1.165) is 49.3 Å². The Balaban J connectivity index is 1.28. The van der Waals surface area contributed by atoms with Gasteiger partial charge in [-0.25, -0.2) is 4.68 Å². The van der Waals surface area contributed by atoms with Gasteiger partial charge in [-0.05, 0) is 50.7 Å². The molecule has 1 aliphatic carbocycles. The Morgan fingerprint density at radius 2 is 1.79 bits per heavy atom. The summed E-state index contributed by atoms with van der Waals surface area (Å²) in [5.74, 6) is 0.742. The van der Waals surface area contributed by atoms with Crippen LogP contribution in [0.3, 0.4) is 0 Å². The van der Waals surface area contributed by atoms with Gasteiger partial charge in [0, 0.05) is 31.7 Å². The van der Waals surface area contributed by atoms with Crippen LogP contribution in [-0.2, 0) is 16.1 Å². The molecule has 0 unspecified atom stereocenters. The topological polar surface area (TPSA) is 70.5 Å². The molecule has 38 heavy (non-hydrogen) atoms. The van der Waals surface area contributed by atoms with Crippen molar-refractivity contribution in [2.24, 2.45) is 5.92 Å². The number of hydrogen-bond donors (Lipinski definition) is 1. The van der Waals surface area contributed by atoms with Crippen LogP contribution < -0.4 is 5.32 Å². The van der Waals surface area contributed by atoms with Gasteiger partial charge in [-0.15, -0.1) is 0 Å². The van der Waals surface area contributed by atoms with Crippen molar-refractivity contribution in [3.8, 4) is 5.69 Å². The van der Waals surface area contributed by atoms with Crippen LogP contribution in [0.4, 0.5) is 0 Å². The van der Waals surface area contributed by atoms with Gasteiger partial charge >= 0.3 is 0 Å². The third-order valence-electron chi connectivity index (χ3n) is 9.03. The Kier molecular flexibility index (Phi) is 8.44. The molecule has 1 N–H and O–H groups in total. The van der Waals surface area contributed by atoms with E-state index in [1.165, 1.54) is 32.1 Å². The summed E-state index contributed by atoms with van der Waals surface area (Å²) >= 11 is 6.80. The van der Waals surface area contributed by atoms with E-state index in [9.17, 15) is 9.59 Å². The van der Waals surface area contributed by atoms with Gasteiger partial charge in [-0.2, -0.15) is 5.10 Å². The molecule has 7 nitrogen and oxygen atoms in total. The largest absolute Gasteiger partial charge is 0.342 e. The van der Waals surface area contributed by atoms with Crippen molar-refractivity contribution < 1.29 is 9.59 Å². The first-order valence-corrected chi connectivity index (χ1v) is 14.9. The highest BCUT2D eigenvalue weighted by Crippen LogP contribution is 2.37. The van der Waals surface area contributed by atoms with Crippen LogP contribution in [0, 0.1) is 12.8 Å². The molecule has 2 amide bonds. The van der Waals surface area contributed by atoms with E-state index in [-0.39, 0.29) is 17.9 Å². The highest BCUT2D eigenvalue weighted by molar-refractivity contribution is 6.30. The molecule has 2 saturated heterocycles. The number of nitrogens with one attached hydrogen (secondary N) is 1. The molecule has 8 heteroatoms. The summed E-state index contributed by atoms with van der Waals surface area (Å²) in [6.07, 6.45) is 10.1. The first-order valence-electron chi connectivity index (χ1n) is 14.6. The summed E-state index contributed by atoms with van der Waals surface area (Å²) < 4.78 is 1.80. The Hall–Kier alpha value is -2.38. The molecule has 2 aromatic rings. The summed E-state index contributed by atoms with van der Waals surface area (Å²) in [4.78, 5) is 31.8. The number of likely N-dealkylation sites (tertiary alicyclic amines) is 1. The number of para-hydroxylation sites is 1. The lowest BCUT2D eigenvalue weighted by Gasteiger charge is -2.52. The van der Waals surface area contributed by atoms with Crippen molar-refractivity contribution in [3.05, 3.63) is 46.7 Å². The third kappa shape index (κ3) is 5.37. The second-order valence-corrected chi connectivity index (χ2v) is 11.9. The van der Waals surface area contributed by atoms with Gasteiger partial charge in [0.25, 0.3) is 0 Å².